The number of pyridine rings is 1. The fourth-order valence-electron chi connectivity index (χ4n) is 2.69. The largest absolute Gasteiger partial charge is 0.482 e. The third kappa shape index (κ3) is 3.08. The number of nitrogens with zero attached hydrogens (tertiary/aromatic N) is 2. The highest BCUT2D eigenvalue weighted by molar-refractivity contribution is 7.10. The van der Waals surface area contributed by atoms with Crippen molar-refractivity contribution in [2.45, 2.75) is 25.8 Å². The molecule has 0 radical (unpaired) electrons. The lowest BCUT2D eigenvalue weighted by molar-refractivity contribution is -0.134. The molecule has 0 bridgehead atoms. The average molecular weight is 302 g/mol. The molecule has 0 aromatic carbocycles. The second kappa shape index (κ2) is 6.26. The van der Waals surface area contributed by atoms with E-state index in [1.54, 1.807) is 17.5 Å². The molecule has 110 valence electrons. The molecule has 21 heavy (non-hydrogen) atoms. The molecule has 1 aliphatic rings. The number of likely N-dealkylation sites (tertiary alicyclic amines) is 1. The number of thiophene rings is 1. The molecule has 2 aromatic heterocycles. The van der Waals surface area contributed by atoms with E-state index < -0.39 is 0 Å². The summed E-state index contributed by atoms with van der Waals surface area (Å²) in [5.41, 5.74) is 0.807. The van der Waals surface area contributed by atoms with Gasteiger partial charge in [-0.2, -0.15) is 0 Å². The van der Waals surface area contributed by atoms with E-state index in [9.17, 15) is 4.79 Å². The number of amides is 1. The standard InChI is InChI=1S/C16H18N2O2S/c1-12-14(6-2-8-17-12)20-11-16(19)18-9-3-5-13(18)15-7-4-10-21-15/h2,4,6-8,10,13H,3,5,9,11H2,1H3/t13-/m1/s1. The Morgan fingerprint density at radius 2 is 2.38 bits per heavy atom. The maximum absolute atomic E-state index is 12.4. The van der Waals surface area contributed by atoms with Gasteiger partial charge in [0.1, 0.15) is 5.75 Å². The zero-order valence-corrected chi connectivity index (χ0v) is 12.8. The second-order valence-electron chi connectivity index (χ2n) is 5.14. The van der Waals surface area contributed by atoms with Crippen LogP contribution in [0, 0.1) is 6.92 Å². The van der Waals surface area contributed by atoms with Crippen LogP contribution in [0.4, 0.5) is 0 Å². The minimum atomic E-state index is 0.0501. The Kier molecular flexibility index (Phi) is 4.20. The quantitative estimate of drug-likeness (QED) is 0.871. The normalized spacial score (nSPS) is 18.0. The third-order valence-electron chi connectivity index (χ3n) is 3.75. The molecule has 1 atom stereocenters. The molecule has 0 saturated carbocycles. The lowest BCUT2D eigenvalue weighted by Crippen LogP contribution is -2.34. The van der Waals surface area contributed by atoms with Gasteiger partial charge in [0.2, 0.25) is 0 Å². The summed E-state index contributed by atoms with van der Waals surface area (Å²) in [7, 11) is 0. The van der Waals surface area contributed by atoms with Gasteiger partial charge in [-0.1, -0.05) is 6.07 Å². The van der Waals surface area contributed by atoms with Gasteiger partial charge in [-0.05, 0) is 43.3 Å². The van der Waals surface area contributed by atoms with Crippen molar-refractivity contribution in [3.63, 3.8) is 0 Å². The van der Waals surface area contributed by atoms with E-state index in [1.165, 1.54) is 4.88 Å². The first-order valence-corrected chi connectivity index (χ1v) is 8.01. The molecule has 2 aromatic rings. The number of carbonyl (C=O) groups is 1. The fourth-order valence-corrected chi connectivity index (χ4v) is 3.56. The van der Waals surface area contributed by atoms with E-state index in [1.807, 2.05) is 30.0 Å². The minimum Gasteiger partial charge on any atom is -0.482 e. The van der Waals surface area contributed by atoms with Crippen molar-refractivity contribution in [3.05, 3.63) is 46.4 Å². The first kappa shape index (κ1) is 14.1. The highest BCUT2D eigenvalue weighted by atomic mass is 32.1. The van der Waals surface area contributed by atoms with E-state index in [2.05, 4.69) is 16.4 Å². The summed E-state index contributed by atoms with van der Waals surface area (Å²) in [6, 6.07) is 8.02. The SMILES string of the molecule is Cc1ncccc1OCC(=O)N1CCC[C@@H]1c1cccs1. The van der Waals surface area contributed by atoms with Gasteiger partial charge in [0.25, 0.3) is 5.91 Å². The molecule has 0 aliphatic carbocycles. The molecule has 0 spiro atoms. The zero-order chi connectivity index (χ0) is 14.7. The van der Waals surface area contributed by atoms with Crippen LogP contribution < -0.4 is 4.74 Å². The van der Waals surface area contributed by atoms with Crippen molar-refractivity contribution in [1.82, 2.24) is 9.88 Å². The monoisotopic (exact) mass is 302 g/mol. The molecule has 0 N–H and O–H groups in total. The van der Waals surface area contributed by atoms with Crippen LogP contribution in [0.3, 0.4) is 0 Å². The maximum Gasteiger partial charge on any atom is 0.261 e. The molecular weight excluding hydrogens is 284 g/mol. The predicted molar refractivity (Wildman–Crippen MR) is 82.5 cm³/mol. The van der Waals surface area contributed by atoms with Crippen LogP contribution in [-0.4, -0.2) is 28.9 Å². The van der Waals surface area contributed by atoms with Crippen LogP contribution in [-0.2, 0) is 4.79 Å². The molecule has 3 heterocycles. The van der Waals surface area contributed by atoms with Gasteiger partial charge in [-0.3, -0.25) is 9.78 Å². The smallest absolute Gasteiger partial charge is 0.261 e. The van der Waals surface area contributed by atoms with Gasteiger partial charge in [0.15, 0.2) is 6.61 Å². The summed E-state index contributed by atoms with van der Waals surface area (Å²) in [5, 5.41) is 2.06. The van der Waals surface area contributed by atoms with E-state index in [0.29, 0.717) is 5.75 Å². The number of ether oxygens (including phenoxy) is 1. The lowest BCUT2D eigenvalue weighted by atomic mass is 10.2. The van der Waals surface area contributed by atoms with Crippen LogP contribution in [0.1, 0.15) is 29.5 Å². The number of aryl methyl sites for hydroxylation is 1. The number of hydrogen-bond acceptors (Lipinski definition) is 4. The number of aromatic nitrogens is 1. The van der Waals surface area contributed by atoms with Gasteiger partial charge >= 0.3 is 0 Å². The van der Waals surface area contributed by atoms with E-state index in [4.69, 9.17) is 4.74 Å². The summed E-state index contributed by atoms with van der Waals surface area (Å²) in [6.07, 6.45) is 3.82. The Labute approximate surface area is 128 Å². The van der Waals surface area contributed by atoms with E-state index >= 15 is 0 Å². The average Bonchev–Trinajstić information content (AvgIpc) is 3.16. The van der Waals surface area contributed by atoms with Crippen LogP contribution in [0.15, 0.2) is 35.8 Å². The molecule has 4 nitrogen and oxygen atoms in total. The Morgan fingerprint density at radius 1 is 1.48 bits per heavy atom. The summed E-state index contributed by atoms with van der Waals surface area (Å²) in [6.45, 7) is 2.77. The van der Waals surface area contributed by atoms with Gasteiger partial charge in [-0.15, -0.1) is 11.3 Å². The highest BCUT2D eigenvalue weighted by Gasteiger charge is 2.30. The van der Waals surface area contributed by atoms with Gasteiger partial charge in [-0.25, -0.2) is 0 Å². The summed E-state index contributed by atoms with van der Waals surface area (Å²) >= 11 is 1.71. The Balaban J connectivity index is 1.64. The third-order valence-corrected chi connectivity index (χ3v) is 4.73. The van der Waals surface area contributed by atoms with Crippen LogP contribution >= 0.6 is 11.3 Å². The van der Waals surface area contributed by atoms with Crippen molar-refractivity contribution >= 4 is 17.2 Å². The molecule has 5 heteroatoms. The van der Waals surface area contributed by atoms with Crippen LogP contribution in [0.5, 0.6) is 5.75 Å². The molecule has 3 rings (SSSR count). The first-order chi connectivity index (χ1) is 10.3. The first-order valence-electron chi connectivity index (χ1n) is 7.13. The zero-order valence-electron chi connectivity index (χ0n) is 12.0. The molecular formula is C16H18N2O2S. The minimum absolute atomic E-state index is 0.0501. The number of rotatable bonds is 4. The van der Waals surface area contributed by atoms with Crippen molar-refractivity contribution in [1.29, 1.82) is 0 Å². The Hall–Kier alpha value is -1.88. The van der Waals surface area contributed by atoms with Crippen molar-refractivity contribution in [3.8, 4) is 5.75 Å². The van der Waals surface area contributed by atoms with Gasteiger partial charge in [0, 0.05) is 17.6 Å². The molecule has 1 amide bonds. The van der Waals surface area contributed by atoms with Crippen LogP contribution in [0.2, 0.25) is 0 Å². The maximum atomic E-state index is 12.4. The molecule has 0 unspecified atom stereocenters. The lowest BCUT2D eigenvalue weighted by Gasteiger charge is -2.24. The van der Waals surface area contributed by atoms with Gasteiger partial charge < -0.3 is 9.64 Å². The topological polar surface area (TPSA) is 42.4 Å². The fraction of sp³-hybridized carbons (Fsp3) is 0.375. The number of carbonyl (C=O) groups excluding carboxylic acids is 1. The second-order valence-corrected chi connectivity index (χ2v) is 6.12. The summed E-state index contributed by atoms with van der Waals surface area (Å²) in [5.74, 6) is 0.729. The molecule has 1 aliphatic heterocycles. The highest BCUT2D eigenvalue weighted by Crippen LogP contribution is 2.34. The van der Waals surface area contributed by atoms with E-state index in [0.717, 1.165) is 25.1 Å². The Bertz CT molecular complexity index is 612. The van der Waals surface area contributed by atoms with Crippen LogP contribution in [0.25, 0.3) is 0 Å². The van der Waals surface area contributed by atoms with Crippen molar-refractivity contribution in [2.24, 2.45) is 0 Å². The van der Waals surface area contributed by atoms with Crippen molar-refractivity contribution in [2.75, 3.05) is 13.2 Å². The van der Waals surface area contributed by atoms with Gasteiger partial charge in [0.05, 0.1) is 11.7 Å². The summed E-state index contributed by atoms with van der Waals surface area (Å²) in [4.78, 5) is 19.8. The van der Waals surface area contributed by atoms with E-state index in [-0.39, 0.29) is 18.6 Å². The molecule has 1 fully saturated rings. The number of hydrogen-bond donors (Lipinski definition) is 0. The van der Waals surface area contributed by atoms with Crippen molar-refractivity contribution < 1.29 is 9.53 Å². The summed E-state index contributed by atoms with van der Waals surface area (Å²) < 4.78 is 5.63. The molecule has 1 saturated heterocycles. The predicted octanol–water partition coefficient (Wildman–Crippen LogP) is 3.19. The Morgan fingerprint density at radius 3 is 3.14 bits per heavy atom.